The van der Waals surface area contributed by atoms with Crippen molar-refractivity contribution in [3.63, 3.8) is 0 Å². The van der Waals surface area contributed by atoms with Crippen molar-refractivity contribution >= 4 is 23.2 Å². The summed E-state index contributed by atoms with van der Waals surface area (Å²) in [5.74, 6) is -2.36. The Balaban J connectivity index is 2.10. The van der Waals surface area contributed by atoms with Crippen molar-refractivity contribution in [3.05, 3.63) is 54.3 Å². The molecule has 0 fully saturated rings. The second-order valence-electron chi connectivity index (χ2n) is 4.31. The zero-order valence-electron chi connectivity index (χ0n) is 11.2. The van der Waals surface area contributed by atoms with Crippen LogP contribution in [0.4, 0.5) is 15.8 Å². The predicted octanol–water partition coefficient (Wildman–Crippen LogP) is 2.13. The Morgan fingerprint density at radius 1 is 1.10 bits per heavy atom. The number of carbonyl (C=O) groups excluding carboxylic acids is 2. The van der Waals surface area contributed by atoms with Crippen LogP contribution in [0, 0.1) is 5.82 Å². The van der Waals surface area contributed by atoms with E-state index >= 15 is 0 Å². The Morgan fingerprint density at radius 2 is 1.71 bits per heavy atom. The van der Waals surface area contributed by atoms with Gasteiger partial charge >= 0.3 is 11.8 Å². The summed E-state index contributed by atoms with van der Waals surface area (Å²) < 4.78 is 13.4. The van der Waals surface area contributed by atoms with Crippen LogP contribution in [0.25, 0.3) is 0 Å². The molecule has 2 rings (SSSR count). The summed E-state index contributed by atoms with van der Waals surface area (Å²) in [6.45, 7) is 0. The number of nitrogens with zero attached hydrogens (tertiary/aromatic N) is 1. The van der Waals surface area contributed by atoms with Gasteiger partial charge < -0.3 is 15.3 Å². The third-order valence-corrected chi connectivity index (χ3v) is 2.86. The van der Waals surface area contributed by atoms with Gasteiger partial charge in [0.25, 0.3) is 0 Å². The van der Waals surface area contributed by atoms with Crippen LogP contribution < -0.4 is 10.2 Å². The van der Waals surface area contributed by atoms with Crippen LogP contribution in [0.3, 0.4) is 0 Å². The van der Waals surface area contributed by atoms with Crippen molar-refractivity contribution in [2.75, 3.05) is 17.3 Å². The average molecular weight is 288 g/mol. The number of aromatic hydroxyl groups is 1. The molecule has 0 atom stereocenters. The largest absolute Gasteiger partial charge is 0.508 e. The van der Waals surface area contributed by atoms with Crippen LogP contribution in [-0.4, -0.2) is 24.0 Å². The van der Waals surface area contributed by atoms with E-state index in [0.29, 0.717) is 5.69 Å². The minimum Gasteiger partial charge on any atom is -0.508 e. The van der Waals surface area contributed by atoms with Crippen molar-refractivity contribution in [2.24, 2.45) is 0 Å². The number of hydrogen-bond donors (Lipinski definition) is 2. The number of phenols is 1. The van der Waals surface area contributed by atoms with Gasteiger partial charge in [-0.05, 0) is 36.4 Å². The number of benzene rings is 2. The van der Waals surface area contributed by atoms with Crippen LogP contribution in [-0.2, 0) is 9.59 Å². The van der Waals surface area contributed by atoms with Gasteiger partial charge in [-0.15, -0.1) is 0 Å². The molecule has 2 N–H and O–H groups in total. The lowest BCUT2D eigenvalue weighted by molar-refractivity contribution is -0.134. The fourth-order valence-corrected chi connectivity index (χ4v) is 1.68. The predicted molar refractivity (Wildman–Crippen MR) is 76.5 cm³/mol. The molecule has 0 aliphatic rings. The van der Waals surface area contributed by atoms with E-state index in [9.17, 15) is 19.1 Å². The number of phenolic OH excluding ortho intramolecular Hbond substituents is 1. The van der Waals surface area contributed by atoms with Gasteiger partial charge in [0.05, 0.1) is 5.69 Å². The molecule has 2 amide bonds. The van der Waals surface area contributed by atoms with Crippen LogP contribution in [0.1, 0.15) is 0 Å². The normalized spacial score (nSPS) is 10.0. The van der Waals surface area contributed by atoms with Gasteiger partial charge in [0.2, 0.25) is 0 Å². The molecule has 6 heteroatoms. The summed E-state index contributed by atoms with van der Waals surface area (Å²) in [7, 11) is 1.41. The van der Waals surface area contributed by atoms with Gasteiger partial charge in [0.1, 0.15) is 11.6 Å². The van der Waals surface area contributed by atoms with Crippen LogP contribution in [0.15, 0.2) is 48.5 Å². The van der Waals surface area contributed by atoms with E-state index < -0.39 is 17.6 Å². The maximum absolute atomic E-state index is 13.4. The van der Waals surface area contributed by atoms with Crippen molar-refractivity contribution in [1.82, 2.24) is 0 Å². The van der Waals surface area contributed by atoms with Crippen molar-refractivity contribution in [2.45, 2.75) is 0 Å². The first-order valence-electron chi connectivity index (χ1n) is 6.11. The molecule has 21 heavy (non-hydrogen) atoms. The molecule has 0 saturated carbocycles. The molecule has 0 bridgehead atoms. The zero-order valence-corrected chi connectivity index (χ0v) is 11.2. The number of carbonyl (C=O) groups is 2. The Kier molecular flexibility index (Phi) is 4.18. The van der Waals surface area contributed by atoms with E-state index in [4.69, 9.17) is 0 Å². The van der Waals surface area contributed by atoms with Gasteiger partial charge in [-0.25, -0.2) is 4.39 Å². The van der Waals surface area contributed by atoms with Gasteiger partial charge in [-0.2, -0.15) is 0 Å². The maximum atomic E-state index is 13.4. The van der Waals surface area contributed by atoms with E-state index in [1.165, 1.54) is 49.5 Å². The number of halogens is 1. The molecule has 0 unspecified atom stereocenters. The van der Waals surface area contributed by atoms with Gasteiger partial charge in [0, 0.05) is 12.7 Å². The molecule has 5 nitrogen and oxygen atoms in total. The maximum Gasteiger partial charge on any atom is 0.316 e. The van der Waals surface area contributed by atoms with E-state index in [-0.39, 0.29) is 11.4 Å². The van der Waals surface area contributed by atoms with Gasteiger partial charge in [0.15, 0.2) is 0 Å². The second-order valence-corrected chi connectivity index (χ2v) is 4.31. The van der Waals surface area contributed by atoms with Gasteiger partial charge in [-0.3, -0.25) is 9.59 Å². The summed E-state index contributed by atoms with van der Waals surface area (Å²) in [6.07, 6.45) is 0. The third-order valence-electron chi connectivity index (χ3n) is 2.86. The summed E-state index contributed by atoms with van der Waals surface area (Å²) in [4.78, 5) is 24.9. The Bertz CT molecular complexity index is 671. The number of anilines is 2. The molecular formula is C15H13FN2O3. The SMILES string of the molecule is CN(C(=O)C(=O)Nc1ccccc1F)c1ccc(O)cc1. The number of amides is 2. The lowest BCUT2D eigenvalue weighted by atomic mass is 10.2. The van der Waals surface area contributed by atoms with E-state index in [0.717, 1.165) is 4.90 Å². The lowest BCUT2D eigenvalue weighted by Crippen LogP contribution is -2.37. The molecular weight excluding hydrogens is 275 g/mol. The zero-order chi connectivity index (χ0) is 15.4. The van der Waals surface area contributed by atoms with Crippen LogP contribution in [0.5, 0.6) is 5.75 Å². The fourth-order valence-electron chi connectivity index (χ4n) is 1.68. The van der Waals surface area contributed by atoms with E-state index in [1.54, 1.807) is 6.07 Å². The molecule has 0 saturated heterocycles. The Labute approximate surface area is 120 Å². The molecule has 0 aliphatic heterocycles. The summed E-state index contributed by atoms with van der Waals surface area (Å²) in [5, 5.41) is 11.4. The molecule has 2 aromatic rings. The highest BCUT2D eigenvalue weighted by molar-refractivity contribution is 6.44. The van der Waals surface area contributed by atoms with Gasteiger partial charge in [-0.1, -0.05) is 12.1 Å². The molecule has 0 heterocycles. The molecule has 0 radical (unpaired) electrons. The average Bonchev–Trinajstić information content (AvgIpc) is 2.49. The number of hydrogen-bond acceptors (Lipinski definition) is 3. The quantitative estimate of drug-likeness (QED) is 0.832. The minimum atomic E-state index is -0.948. The molecule has 0 spiro atoms. The first-order valence-corrected chi connectivity index (χ1v) is 6.11. The topological polar surface area (TPSA) is 69.6 Å². The fraction of sp³-hybridized carbons (Fsp3) is 0.0667. The summed E-state index contributed by atoms with van der Waals surface area (Å²) in [5.41, 5.74) is 0.372. The van der Waals surface area contributed by atoms with Crippen molar-refractivity contribution in [3.8, 4) is 5.75 Å². The lowest BCUT2D eigenvalue weighted by Gasteiger charge is -2.16. The smallest absolute Gasteiger partial charge is 0.316 e. The number of para-hydroxylation sites is 1. The second kappa shape index (κ2) is 6.04. The number of rotatable bonds is 2. The number of likely N-dealkylation sites (N-methyl/N-ethyl adjacent to an activating group) is 1. The monoisotopic (exact) mass is 288 g/mol. The highest BCUT2D eigenvalue weighted by Crippen LogP contribution is 2.18. The Morgan fingerprint density at radius 3 is 2.33 bits per heavy atom. The first-order chi connectivity index (χ1) is 9.99. The molecule has 108 valence electrons. The highest BCUT2D eigenvalue weighted by atomic mass is 19.1. The van der Waals surface area contributed by atoms with Crippen molar-refractivity contribution in [1.29, 1.82) is 0 Å². The molecule has 0 aromatic heterocycles. The molecule has 0 aliphatic carbocycles. The standard InChI is InChI=1S/C15H13FN2O3/c1-18(10-6-8-11(19)9-7-10)15(21)14(20)17-13-5-3-2-4-12(13)16/h2-9,19H,1H3,(H,17,20). The van der Waals surface area contributed by atoms with E-state index in [2.05, 4.69) is 5.32 Å². The summed E-state index contributed by atoms with van der Waals surface area (Å²) in [6, 6.07) is 11.3. The van der Waals surface area contributed by atoms with E-state index in [1.807, 2.05) is 0 Å². The molecule has 2 aromatic carbocycles. The number of nitrogens with one attached hydrogen (secondary N) is 1. The minimum absolute atomic E-state index is 0.0513. The summed E-state index contributed by atoms with van der Waals surface area (Å²) >= 11 is 0. The Hall–Kier alpha value is -2.89. The van der Waals surface area contributed by atoms with Crippen LogP contribution in [0.2, 0.25) is 0 Å². The van der Waals surface area contributed by atoms with Crippen LogP contribution >= 0.6 is 0 Å². The highest BCUT2D eigenvalue weighted by Gasteiger charge is 2.20. The first kappa shape index (κ1) is 14.5. The third kappa shape index (κ3) is 3.36. The van der Waals surface area contributed by atoms with Crippen molar-refractivity contribution < 1.29 is 19.1 Å².